The summed E-state index contributed by atoms with van der Waals surface area (Å²) in [4.78, 5) is 37.5. The molecule has 4 atom stereocenters. The first-order valence-electron chi connectivity index (χ1n) is 21.8. The lowest BCUT2D eigenvalue weighted by molar-refractivity contribution is -0.870. The number of hydrogen-bond donors (Lipinski definition) is 0. The van der Waals surface area contributed by atoms with Gasteiger partial charge in [0.05, 0.1) is 40.0 Å². The largest absolute Gasteiger partial charge is 0.756 e. The monoisotopic (exact) mass is 820 g/mol. The Balaban J connectivity index is 2.34. The van der Waals surface area contributed by atoms with Crippen molar-refractivity contribution < 1.29 is 46.8 Å². The summed E-state index contributed by atoms with van der Waals surface area (Å²) in [5, 5.41) is 0. The SMILES string of the molecule is CC/C=C\CC1OC1C/C=C\C/C=C\C/C=C\CCCC(=O)OC(COC(=O)CCCCCCC/C=C\C/C=C\CCCCC)COP(=O)([O-])OCC[N+](C)(C)C. The number of allylic oxidation sites excluding steroid dienone is 10. The van der Waals surface area contributed by atoms with Crippen LogP contribution in [0.25, 0.3) is 0 Å². The molecule has 1 rings (SSSR count). The second-order valence-corrected chi connectivity index (χ2v) is 17.1. The van der Waals surface area contributed by atoms with Crippen molar-refractivity contribution in [1.82, 2.24) is 0 Å². The third-order valence-electron chi connectivity index (χ3n) is 9.11. The summed E-state index contributed by atoms with van der Waals surface area (Å²) in [7, 11) is 1.10. The molecule has 1 saturated heterocycles. The third-order valence-corrected chi connectivity index (χ3v) is 10.1. The van der Waals surface area contributed by atoms with E-state index in [4.69, 9.17) is 23.3 Å². The molecule has 0 radical (unpaired) electrons. The van der Waals surface area contributed by atoms with Gasteiger partial charge in [0.1, 0.15) is 19.8 Å². The molecule has 0 aliphatic carbocycles. The fourth-order valence-electron chi connectivity index (χ4n) is 5.58. The van der Waals surface area contributed by atoms with Crippen LogP contribution in [0.3, 0.4) is 0 Å². The zero-order valence-corrected chi connectivity index (χ0v) is 37.1. The maximum Gasteiger partial charge on any atom is 0.306 e. The summed E-state index contributed by atoms with van der Waals surface area (Å²) in [5.74, 6) is -0.932. The van der Waals surface area contributed by atoms with Crippen LogP contribution in [0, 0.1) is 0 Å². The number of nitrogens with zero attached hydrogens (tertiary/aromatic N) is 1. The van der Waals surface area contributed by atoms with Crippen molar-refractivity contribution >= 4 is 19.8 Å². The Labute approximate surface area is 346 Å². The minimum atomic E-state index is -4.65. The lowest BCUT2D eigenvalue weighted by Crippen LogP contribution is -2.37. The van der Waals surface area contributed by atoms with Gasteiger partial charge >= 0.3 is 11.9 Å². The Hall–Kier alpha value is -2.59. The highest BCUT2D eigenvalue weighted by Crippen LogP contribution is 2.38. The number of phosphoric acid groups is 1. The minimum absolute atomic E-state index is 0.0498. The number of rotatable bonds is 37. The Morgan fingerprint density at radius 1 is 0.649 bits per heavy atom. The number of likely N-dealkylation sites (N-methyl/N-ethyl adjacent to an activating group) is 1. The van der Waals surface area contributed by atoms with E-state index in [1.165, 1.54) is 25.7 Å². The molecule has 57 heavy (non-hydrogen) atoms. The van der Waals surface area contributed by atoms with Crippen LogP contribution in [0.5, 0.6) is 0 Å². The zero-order chi connectivity index (χ0) is 41.9. The maximum absolute atomic E-state index is 12.7. The van der Waals surface area contributed by atoms with Gasteiger partial charge in [-0.15, -0.1) is 0 Å². The quantitative estimate of drug-likeness (QED) is 0.0150. The zero-order valence-electron chi connectivity index (χ0n) is 36.2. The lowest BCUT2D eigenvalue weighted by Gasteiger charge is -2.28. The molecule has 4 unspecified atom stereocenters. The van der Waals surface area contributed by atoms with Gasteiger partial charge in [0.2, 0.25) is 0 Å². The molecule has 1 heterocycles. The Bertz CT molecular complexity index is 1270. The van der Waals surface area contributed by atoms with Crippen LogP contribution < -0.4 is 4.89 Å². The predicted octanol–water partition coefficient (Wildman–Crippen LogP) is 10.6. The van der Waals surface area contributed by atoms with Gasteiger partial charge in [-0.05, 0) is 83.5 Å². The number of carbonyl (C=O) groups is 2. The number of carbonyl (C=O) groups excluding carboxylic acids is 2. The van der Waals surface area contributed by atoms with Crippen LogP contribution in [0.15, 0.2) is 72.9 Å². The summed E-state index contributed by atoms with van der Waals surface area (Å²) in [6, 6.07) is 0. The van der Waals surface area contributed by atoms with Gasteiger partial charge in [-0.3, -0.25) is 14.2 Å². The average molecular weight is 820 g/mol. The van der Waals surface area contributed by atoms with E-state index in [1.54, 1.807) is 0 Å². The smallest absolute Gasteiger partial charge is 0.306 e. The van der Waals surface area contributed by atoms with Gasteiger partial charge in [-0.1, -0.05) is 119 Å². The second-order valence-electron chi connectivity index (χ2n) is 15.7. The van der Waals surface area contributed by atoms with E-state index in [0.29, 0.717) is 42.5 Å². The standard InChI is InChI=1S/C46H78NO9P/c1-6-8-10-11-12-13-14-15-16-17-18-22-25-28-32-36-45(48)52-40-42(41-54-57(50,51)53-39-38-47(3,4)5)55-46(49)37-33-29-26-23-20-19-21-24-27-31-35-44-43(56-44)34-30-9-7-2/h9,12-13,15-16,19,21,23,26-27,30-31,42-44H,6-8,10-11,14,17-18,20,22,24-25,28-29,32-41H2,1-5H3/b13-12-,16-15-,21-19-,26-23-,30-9-,31-27-. The van der Waals surface area contributed by atoms with Gasteiger partial charge in [0, 0.05) is 12.8 Å². The molecular weight excluding hydrogens is 741 g/mol. The van der Waals surface area contributed by atoms with Crippen LogP contribution in [0.2, 0.25) is 0 Å². The summed E-state index contributed by atoms with van der Waals surface area (Å²) in [6.07, 6.45) is 44.0. The molecule has 0 saturated carbocycles. The Morgan fingerprint density at radius 3 is 1.79 bits per heavy atom. The number of unbranched alkanes of at least 4 members (excludes halogenated alkanes) is 9. The lowest BCUT2D eigenvalue weighted by atomic mass is 10.1. The number of phosphoric ester groups is 1. The van der Waals surface area contributed by atoms with Crippen molar-refractivity contribution in [2.75, 3.05) is 47.5 Å². The van der Waals surface area contributed by atoms with Gasteiger partial charge < -0.3 is 32.6 Å². The van der Waals surface area contributed by atoms with Crippen molar-refractivity contribution in [3.05, 3.63) is 72.9 Å². The minimum Gasteiger partial charge on any atom is -0.756 e. The molecule has 0 aromatic rings. The molecule has 0 aromatic carbocycles. The number of quaternary nitrogens is 1. The van der Waals surface area contributed by atoms with Crippen molar-refractivity contribution in [3.8, 4) is 0 Å². The van der Waals surface area contributed by atoms with Gasteiger partial charge in [0.25, 0.3) is 7.82 Å². The van der Waals surface area contributed by atoms with Crippen molar-refractivity contribution in [2.24, 2.45) is 0 Å². The number of esters is 2. The molecule has 1 fully saturated rings. The number of ether oxygens (including phenoxy) is 3. The molecule has 0 bridgehead atoms. The molecule has 1 aliphatic heterocycles. The molecule has 0 N–H and O–H groups in total. The van der Waals surface area contributed by atoms with E-state index in [1.807, 2.05) is 27.2 Å². The van der Waals surface area contributed by atoms with Crippen LogP contribution >= 0.6 is 7.82 Å². The first kappa shape index (κ1) is 52.4. The molecule has 326 valence electrons. The van der Waals surface area contributed by atoms with Crippen molar-refractivity contribution in [1.29, 1.82) is 0 Å². The van der Waals surface area contributed by atoms with E-state index in [9.17, 15) is 19.0 Å². The Kier molecular flexibility index (Phi) is 31.5. The van der Waals surface area contributed by atoms with E-state index in [2.05, 4.69) is 80.7 Å². The Morgan fingerprint density at radius 2 is 1.18 bits per heavy atom. The van der Waals surface area contributed by atoms with E-state index in [-0.39, 0.29) is 26.1 Å². The molecule has 0 spiro atoms. The number of epoxide rings is 1. The van der Waals surface area contributed by atoms with E-state index >= 15 is 0 Å². The summed E-state index contributed by atoms with van der Waals surface area (Å²) in [6.45, 7) is 3.97. The van der Waals surface area contributed by atoms with Crippen LogP contribution in [0.1, 0.15) is 142 Å². The summed E-state index contributed by atoms with van der Waals surface area (Å²) in [5.41, 5.74) is 0. The van der Waals surface area contributed by atoms with Gasteiger partial charge in [-0.25, -0.2) is 0 Å². The molecular formula is C46H78NO9P. The molecule has 10 nitrogen and oxygen atoms in total. The fraction of sp³-hybridized carbons (Fsp3) is 0.696. The highest BCUT2D eigenvalue weighted by molar-refractivity contribution is 7.45. The van der Waals surface area contributed by atoms with Crippen molar-refractivity contribution in [2.45, 2.75) is 161 Å². The number of hydrogen-bond acceptors (Lipinski definition) is 9. The summed E-state index contributed by atoms with van der Waals surface area (Å²) >= 11 is 0. The van der Waals surface area contributed by atoms with E-state index < -0.39 is 32.5 Å². The molecule has 0 amide bonds. The first-order valence-corrected chi connectivity index (χ1v) is 23.2. The third kappa shape index (κ3) is 35.1. The second kappa shape index (κ2) is 34.3. The van der Waals surface area contributed by atoms with E-state index in [0.717, 1.165) is 70.6 Å². The summed E-state index contributed by atoms with van der Waals surface area (Å²) < 4.78 is 39.5. The average Bonchev–Trinajstić information content (AvgIpc) is 3.91. The first-order chi connectivity index (χ1) is 27.5. The van der Waals surface area contributed by atoms with Crippen molar-refractivity contribution in [3.63, 3.8) is 0 Å². The predicted molar refractivity (Wildman–Crippen MR) is 230 cm³/mol. The molecule has 0 aromatic heterocycles. The van der Waals surface area contributed by atoms with Crippen LogP contribution in [-0.2, 0) is 37.4 Å². The fourth-order valence-corrected chi connectivity index (χ4v) is 6.31. The highest BCUT2D eigenvalue weighted by Gasteiger charge is 2.36. The highest BCUT2D eigenvalue weighted by atomic mass is 31.2. The van der Waals surface area contributed by atoms with Crippen LogP contribution in [0.4, 0.5) is 0 Å². The van der Waals surface area contributed by atoms with Crippen LogP contribution in [-0.4, -0.2) is 82.2 Å². The molecule has 1 aliphatic rings. The normalized spacial score (nSPS) is 17.9. The maximum atomic E-state index is 12.7. The van der Waals surface area contributed by atoms with Gasteiger partial charge in [0.15, 0.2) is 6.10 Å². The topological polar surface area (TPSA) is 124 Å². The van der Waals surface area contributed by atoms with Gasteiger partial charge in [-0.2, -0.15) is 0 Å². The molecule has 11 heteroatoms.